The van der Waals surface area contributed by atoms with Crippen LogP contribution in [0.3, 0.4) is 0 Å². The van der Waals surface area contributed by atoms with Gasteiger partial charge in [0.05, 0.1) is 12.0 Å². The minimum atomic E-state index is -0.531. The van der Waals surface area contributed by atoms with Gasteiger partial charge in [0, 0.05) is 0 Å². The highest BCUT2D eigenvalue weighted by molar-refractivity contribution is 7.80. The van der Waals surface area contributed by atoms with Crippen LogP contribution in [-0.2, 0) is 9.59 Å². The lowest BCUT2D eigenvalue weighted by Gasteiger charge is -2.29. The predicted octanol–water partition coefficient (Wildman–Crippen LogP) is 2.42. The molecule has 0 aliphatic carbocycles. The van der Waals surface area contributed by atoms with Crippen molar-refractivity contribution in [3.63, 3.8) is 0 Å². The maximum atomic E-state index is 12.7. The highest BCUT2D eigenvalue weighted by Crippen LogP contribution is 2.24. The van der Waals surface area contributed by atoms with Gasteiger partial charge in [0.1, 0.15) is 11.3 Å². The number of nitrogens with one attached hydrogen (secondary N) is 1. The van der Waals surface area contributed by atoms with Crippen LogP contribution >= 0.6 is 12.2 Å². The smallest absolute Gasteiger partial charge is 0.270 e. The standard InChI is InChI=1S/C16H12N2O3S/c1-10-5-2-3-7-13(10)18-15(20)12(14(19)17-16(18)22)9-11-6-4-8-21-11/h2-9H,1H3,(H,17,19,22)/b12-9+. The second kappa shape index (κ2) is 5.57. The Labute approximate surface area is 132 Å². The number of hydrogen-bond acceptors (Lipinski definition) is 4. The summed E-state index contributed by atoms with van der Waals surface area (Å²) in [6.07, 6.45) is 2.88. The molecule has 0 radical (unpaired) electrons. The Morgan fingerprint density at radius 2 is 1.95 bits per heavy atom. The van der Waals surface area contributed by atoms with Crippen LogP contribution in [0.1, 0.15) is 11.3 Å². The number of furan rings is 1. The summed E-state index contributed by atoms with van der Waals surface area (Å²) in [7, 11) is 0. The highest BCUT2D eigenvalue weighted by Gasteiger charge is 2.35. The molecule has 2 aromatic rings. The van der Waals surface area contributed by atoms with Crippen molar-refractivity contribution in [1.29, 1.82) is 0 Å². The third-order valence-corrected chi connectivity index (χ3v) is 3.57. The lowest BCUT2D eigenvalue weighted by Crippen LogP contribution is -2.54. The summed E-state index contributed by atoms with van der Waals surface area (Å²) < 4.78 is 5.16. The second-order valence-corrected chi connectivity index (χ2v) is 5.15. The number of anilines is 1. The maximum Gasteiger partial charge on any atom is 0.270 e. The van der Waals surface area contributed by atoms with E-state index >= 15 is 0 Å². The van der Waals surface area contributed by atoms with E-state index in [1.165, 1.54) is 17.2 Å². The van der Waals surface area contributed by atoms with Crippen LogP contribution < -0.4 is 10.2 Å². The van der Waals surface area contributed by atoms with Crippen LogP contribution in [0.2, 0.25) is 0 Å². The van der Waals surface area contributed by atoms with Crippen molar-refractivity contribution in [2.75, 3.05) is 4.90 Å². The number of carbonyl (C=O) groups is 2. The van der Waals surface area contributed by atoms with Gasteiger partial charge in [0.15, 0.2) is 5.11 Å². The molecule has 1 aromatic heterocycles. The Hall–Kier alpha value is -2.73. The monoisotopic (exact) mass is 312 g/mol. The van der Waals surface area contributed by atoms with Crippen LogP contribution in [0.15, 0.2) is 52.7 Å². The molecule has 6 heteroatoms. The summed E-state index contributed by atoms with van der Waals surface area (Å²) in [5.41, 5.74) is 1.50. The van der Waals surface area contributed by atoms with Gasteiger partial charge < -0.3 is 4.42 Å². The van der Waals surface area contributed by atoms with Gasteiger partial charge in [-0.15, -0.1) is 0 Å². The zero-order chi connectivity index (χ0) is 15.7. The molecule has 1 aromatic carbocycles. The molecule has 0 spiro atoms. The highest BCUT2D eigenvalue weighted by atomic mass is 32.1. The van der Waals surface area contributed by atoms with Crippen molar-refractivity contribution >= 4 is 40.9 Å². The Morgan fingerprint density at radius 1 is 1.18 bits per heavy atom. The Bertz CT molecular complexity index is 793. The molecule has 22 heavy (non-hydrogen) atoms. The van der Waals surface area contributed by atoms with E-state index in [1.54, 1.807) is 18.2 Å². The van der Waals surface area contributed by atoms with Crippen LogP contribution in [-0.4, -0.2) is 16.9 Å². The molecule has 1 aliphatic rings. The van der Waals surface area contributed by atoms with E-state index in [-0.39, 0.29) is 10.7 Å². The molecule has 0 bridgehead atoms. The number of para-hydroxylation sites is 1. The average molecular weight is 312 g/mol. The SMILES string of the molecule is Cc1ccccc1N1C(=O)/C(=C/c2ccco2)C(=O)NC1=S. The molecular weight excluding hydrogens is 300 g/mol. The summed E-state index contributed by atoms with van der Waals surface area (Å²) in [5, 5.41) is 2.61. The predicted molar refractivity (Wildman–Crippen MR) is 86.1 cm³/mol. The number of carbonyl (C=O) groups excluding carboxylic acids is 2. The second-order valence-electron chi connectivity index (χ2n) is 4.76. The first-order valence-electron chi connectivity index (χ1n) is 6.58. The zero-order valence-electron chi connectivity index (χ0n) is 11.7. The molecule has 0 unspecified atom stereocenters. The fraction of sp³-hybridized carbons (Fsp3) is 0.0625. The largest absolute Gasteiger partial charge is 0.465 e. The van der Waals surface area contributed by atoms with Gasteiger partial charge in [0.2, 0.25) is 0 Å². The molecule has 2 amide bonds. The molecule has 3 rings (SSSR count). The van der Waals surface area contributed by atoms with E-state index in [2.05, 4.69) is 5.32 Å². The van der Waals surface area contributed by atoms with E-state index in [1.807, 2.05) is 25.1 Å². The van der Waals surface area contributed by atoms with Gasteiger partial charge in [-0.3, -0.25) is 19.8 Å². The summed E-state index contributed by atoms with van der Waals surface area (Å²) in [5.74, 6) is -0.577. The number of amides is 2. The molecular formula is C16H12N2O3S. The molecule has 0 saturated carbocycles. The molecule has 5 nitrogen and oxygen atoms in total. The quantitative estimate of drug-likeness (QED) is 0.525. The van der Waals surface area contributed by atoms with Crippen molar-refractivity contribution in [3.05, 3.63) is 59.6 Å². The molecule has 0 atom stereocenters. The summed E-state index contributed by atoms with van der Waals surface area (Å²) in [4.78, 5) is 26.1. The van der Waals surface area contributed by atoms with Gasteiger partial charge >= 0.3 is 0 Å². The first kappa shape index (κ1) is 14.2. The molecule has 1 aliphatic heterocycles. The van der Waals surface area contributed by atoms with Crippen molar-refractivity contribution in [3.8, 4) is 0 Å². The van der Waals surface area contributed by atoms with E-state index < -0.39 is 11.8 Å². The van der Waals surface area contributed by atoms with E-state index in [0.717, 1.165) is 5.56 Å². The Kier molecular flexibility index (Phi) is 3.60. The number of nitrogens with zero attached hydrogens (tertiary/aromatic N) is 1. The number of thiocarbonyl (C=S) groups is 1. The third kappa shape index (κ3) is 2.44. The third-order valence-electron chi connectivity index (χ3n) is 3.29. The van der Waals surface area contributed by atoms with E-state index in [4.69, 9.17) is 16.6 Å². The van der Waals surface area contributed by atoms with Gasteiger partial charge in [-0.05, 0) is 49.0 Å². The van der Waals surface area contributed by atoms with Gasteiger partial charge in [0.25, 0.3) is 11.8 Å². The van der Waals surface area contributed by atoms with Crippen LogP contribution in [0.4, 0.5) is 5.69 Å². The van der Waals surface area contributed by atoms with Gasteiger partial charge in [-0.25, -0.2) is 0 Å². The summed E-state index contributed by atoms with van der Waals surface area (Å²) >= 11 is 5.15. The fourth-order valence-electron chi connectivity index (χ4n) is 2.21. The molecule has 1 N–H and O–H groups in total. The van der Waals surface area contributed by atoms with Crippen molar-refractivity contribution in [2.24, 2.45) is 0 Å². The maximum absolute atomic E-state index is 12.7. The minimum Gasteiger partial charge on any atom is -0.465 e. The first-order chi connectivity index (χ1) is 10.6. The van der Waals surface area contributed by atoms with Crippen molar-refractivity contribution in [1.82, 2.24) is 5.32 Å². The zero-order valence-corrected chi connectivity index (χ0v) is 12.5. The summed E-state index contributed by atoms with van der Waals surface area (Å²) in [6.45, 7) is 1.87. The lowest BCUT2D eigenvalue weighted by atomic mass is 10.1. The van der Waals surface area contributed by atoms with Crippen LogP contribution in [0.25, 0.3) is 6.08 Å². The van der Waals surface area contributed by atoms with Crippen LogP contribution in [0.5, 0.6) is 0 Å². The number of rotatable bonds is 2. The lowest BCUT2D eigenvalue weighted by molar-refractivity contribution is -0.122. The van der Waals surface area contributed by atoms with Crippen molar-refractivity contribution < 1.29 is 14.0 Å². The van der Waals surface area contributed by atoms with Crippen molar-refractivity contribution in [2.45, 2.75) is 6.92 Å². The number of aryl methyl sites for hydroxylation is 1. The van der Waals surface area contributed by atoms with E-state index in [0.29, 0.717) is 11.4 Å². The molecule has 110 valence electrons. The number of benzene rings is 1. The minimum absolute atomic E-state index is 0.0215. The van der Waals surface area contributed by atoms with Gasteiger partial charge in [-0.2, -0.15) is 0 Å². The molecule has 1 saturated heterocycles. The normalized spacial score (nSPS) is 17.0. The first-order valence-corrected chi connectivity index (χ1v) is 6.99. The van der Waals surface area contributed by atoms with Crippen LogP contribution in [0, 0.1) is 6.92 Å². The summed E-state index contributed by atoms with van der Waals surface area (Å²) in [6, 6.07) is 10.7. The molecule has 1 fully saturated rings. The Balaban J connectivity index is 2.05. The number of hydrogen-bond donors (Lipinski definition) is 1. The van der Waals surface area contributed by atoms with E-state index in [9.17, 15) is 9.59 Å². The topological polar surface area (TPSA) is 62.6 Å². The Morgan fingerprint density at radius 3 is 2.64 bits per heavy atom. The van der Waals surface area contributed by atoms with Gasteiger partial charge in [-0.1, -0.05) is 18.2 Å². The fourth-order valence-corrected chi connectivity index (χ4v) is 2.48. The molecule has 2 heterocycles. The average Bonchev–Trinajstić information content (AvgIpc) is 2.98.